The summed E-state index contributed by atoms with van der Waals surface area (Å²) in [6.07, 6.45) is 1.21. The van der Waals surface area contributed by atoms with Crippen LogP contribution in [0.15, 0.2) is 66.9 Å². The summed E-state index contributed by atoms with van der Waals surface area (Å²) in [7, 11) is 0. The molecular formula is C20H21IN3O4+. The number of ether oxygens (including phenoxy) is 1. The van der Waals surface area contributed by atoms with Crippen molar-refractivity contribution in [3.63, 3.8) is 0 Å². The van der Waals surface area contributed by atoms with E-state index < -0.39 is 18.1 Å². The first-order chi connectivity index (χ1) is 13.1. The van der Waals surface area contributed by atoms with Crippen LogP contribution in [0.1, 0.15) is 12.0 Å². The van der Waals surface area contributed by atoms with Gasteiger partial charge in [0.05, 0.1) is 0 Å². The zero-order valence-corrected chi connectivity index (χ0v) is 17.4. The van der Waals surface area contributed by atoms with E-state index in [4.69, 9.17) is 4.74 Å². The molecule has 28 heavy (non-hydrogen) atoms. The van der Waals surface area contributed by atoms with Crippen LogP contribution in [0.5, 0.6) is 0 Å². The summed E-state index contributed by atoms with van der Waals surface area (Å²) in [4.78, 5) is 23.3. The van der Waals surface area contributed by atoms with Crippen LogP contribution in [0.2, 0.25) is 0 Å². The Hall–Kier alpha value is -2.75. The van der Waals surface area contributed by atoms with Gasteiger partial charge in [-0.05, 0) is 11.6 Å². The number of carbonyl (C=O) groups excluding carboxylic acids is 1. The number of hydrogen-bond acceptors (Lipinski definition) is 4. The zero-order chi connectivity index (χ0) is 19.1. The number of fused-ring (bicyclic) bond motifs is 1. The lowest BCUT2D eigenvalue weighted by molar-refractivity contribution is -0.752. The molecule has 1 aromatic heterocycles. The Morgan fingerprint density at radius 1 is 1.07 bits per heavy atom. The molecule has 1 heterocycles. The number of nitrogens with one attached hydrogen (secondary N) is 1. The molecule has 0 bridgehead atoms. The number of rotatable bonds is 7. The van der Waals surface area contributed by atoms with Gasteiger partial charge < -0.3 is 15.2 Å². The minimum atomic E-state index is -1.12. The van der Waals surface area contributed by atoms with Gasteiger partial charge in [-0.25, -0.2) is 9.59 Å². The van der Waals surface area contributed by atoms with Gasteiger partial charge >= 0.3 is 12.1 Å². The molecule has 146 valence electrons. The summed E-state index contributed by atoms with van der Waals surface area (Å²) >= 11 is 0. The highest BCUT2D eigenvalue weighted by molar-refractivity contribution is 14.0. The fourth-order valence-electron chi connectivity index (χ4n) is 2.61. The van der Waals surface area contributed by atoms with Crippen molar-refractivity contribution in [2.24, 2.45) is 0 Å². The van der Waals surface area contributed by atoms with E-state index in [1.165, 1.54) is 0 Å². The Balaban J connectivity index is 0.00000280. The van der Waals surface area contributed by atoms with Gasteiger partial charge in [-0.1, -0.05) is 53.2 Å². The summed E-state index contributed by atoms with van der Waals surface area (Å²) in [5.41, 5.74) is 1.65. The molecule has 3 aromatic rings. The largest absolute Gasteiger partial charge is 0.480 e. The second-order valence-electron chi connectivity index (χ2n) is 6.02. The van der Waals surface area contributed by atoms with Crippen LogP contribution in [0.4, 0.5) is 4.79 Å². The Morgan fingerprint density at radius 2 is 1.79 bits per heavy atom. The highest BCUT2D eigenvalue weighted by Gasteiger charge is 2.23. The third-order valence-corrected chi connectivity index (χ3v) is 4.05. The highest BCUT2D eigenvalue weighted by Crippen LogP contribution is 2.07. The summed E-state index contributed by atoms with van der Waals surface area (Å²) in [6, 6.07) is 17.7. The first-order valence-electron chi connectivity index (χ1n) is 8.57. The monoisotopic (exact) mass is 494 g/mol. The smallest absolute Gasteiger partial charge is 0.408 e. The van der Waals surface area contributed by atoms with E-state index in [0.717, 1.165) is 16.5 Å². The summed E-state index contributed by atoms with van der Waals surface area (Å²) in [5.74, 6) is -1.12. The van der Waals surface area contributed by atoms with E-state index in [1.807, 2.05) is 60.7 Å². The first-order valence-corrected chi connectivity index (χ1v) is 8.57. The normalized spacial score (nSPS) is 11.3. The van der Waals surface area contributed by atoms with Crippen LogP contribution < -0.4 is 10.00 Å². The third kappa shape index (κ3) is 6.15. The number of aryl methyl sites for hydroxylation is 1. The van der Waals surface area contributed by atoms with Crippen LogP contribution in [0.25, 0.3) is 10.9 Å². The van der Waals surface area contributed by atoms with E-state index in [-0.39, 0.29) is 37.0 Å². The molecule has 2 N–H and O–H groups in total. The van der Waals surface area contributed by atoms with Crippen molar-refractivity contribution >= 4 is 46.9 Å². The molecule has 2 aromatic carbocycles. The molecule has 0 saturated carbocycles. The van der Waals surface area contributed by atoms with Crippen LogP contribution in [0.3, 0.4) is 0 Å². The van der Waals surface area contributed by atoms with Gasteiger partial charge in [0.1, 0.15) is 18.2 Å². The number of nitrogens with zero attached hydrogens (tertiary/aromatic N) is 2. The highest BCUT2D eigenvalue weighted by atomic mass is 127. The maximum atomic E-state index is 11.9. The van der Waals surface area contributed by atoms with Crippen molar-refractivity contribution in [3.8, 4) is 0 Å². The minimum Gasteiger partial charge on any atom is -0.480 e. The number of amides is 1. The van der Waals surface area contributed by atoms with Gasteiger partial charge in [0.15, 0.2) is 12.7 Å². The summed E-state index contributed by atoms with van der Waals surface area (Å²) in [5, 5.41) is 17.2. The molecule has 0 saturated heterocycles. The predicted molar refractivity (Wildman–Crippen MR) is 113 cm³/mol. The first kappa shape index (κ1) is 21.5. The third-order valence-electron chi connectivity index (χ3n) is 4.05. The van der Waals surface area contributed by atoms with Gasteiger partial charge in [0.2, 0.25) is 0 Å². The number of aliphatic carboxylic acids is 1. The number of halogens is 1. The number of hydrogen-bond donors (Lipinski definition) is 2. The number of aromatic nitrogens is 2. The maximum Gasteiger partial charge on any atom is 0.408 e. The van der Waals surface area contributed by atoms with Crippen LogP contribution >= 0.6 is 24.0 Å². The predicted octanol–water partition coefficient (Wildman–Crippen LogP) is 2.91. The fraction of sp³-hybridized carbons (Fsp3) is 0.200. The van der Waals surface area contributed by atoms with E-state index >= 15 is 0 Å². The summed E-state index contributed by atoms with van der Waals surface area (Å²) < 4.78 is 6.74. The maximum absolute atomic E-state index is 11.9. The molecule has 0 unspecified atom stereocenters. The quantitative estimate of drug-likeness (QED) is 0.390. The van der Waals surface area contributed by atoms with Gasteiger partial charge in [-0.15, -0.1) is 24.0 Å². The topological polar surface area (TPSA) is 92.4 Å². The second-order valence-corrected chi connectivity index (χ2v) is 6.02. The number of carboxylic acids is 1. The molecule has 0 spiro atoms. The van der Waals surface area contributed by atoms with Crippen molar-refractivity contribution in [1.29, 1.82) is 0 Å². The molecule has 0 fully saturated rings. The minimum absolute atomic E-state index is 0. The Kier molecular flexibility index (Phi) is 8.12. The van der Waals surface area contributed by atoms with Crippen LogP contribution in [-0.4, -0.2) is 28.3 Å². The Morgan fingerprint density at radius 3 is 2.54 bits per heavy atom. The van der Waals surface area contributed by atoms with E-state index in [1.54, 1.807) is 10.9 Å². The van der Waals surface area contributed by atoms with E-state index in [9.17, 15) is 14.7 Å². The van der Waals surface area contributed by atoms with Gasteiger partial charge in [0, 0.05) is 23.0 Å². The van der Waals surface area contributed by atoms with Gasteiger partial charge in [-0.2, -0.15) is 0 Å². The number of carboxylic acid groups (broad SMARTS) is 1. The molecule has 1 atom stereocenters. The molecule has 0 aliphatic rings. The molecule has 3 rings (SSSR count). The second kappa shape index (κ2) is 10.5. The molecule has 0 radical (unpaired) electrons. The average molecular weight is 494 g/mol. The van der Waals surface area contributed by atoms with Crippen molar-refractivity contribution in [3.05, 3.63) is 72.4 Å². The number of benzene rings is 2. The number of alkyl carbamates (subject to hydrolysis) is 1. The number of carbonyl (C=O) groups is 2. The lowest BCUT2D eigenvalue weighted by Gasteiger charge is -2.13. The van der Waals surface area contributed by atoms with Crippen molar-refractivity contribution in [2.45, 2.75) is 25.6 Å². The van der Waals surface area contributed by atoms with Crippen LogP contribution in [0, 0.1) is 0 Å². The molecule has 7 nitrogen and oxygen atoms in total. The van der Waals surface area contributed by atoms with Crippen LogP contribution in [-0.2, 0) is 22.7 Å². The van der Waals surface area contributed by atoms with E-state index in [2.05, 4.69) is 10.4 Å². The lowest BCUT2D eigenvalue weighted by Crippen LogP contribution is -2.46. The van der Waals surface area contributed by atoms with Gasteiger partial charge in [-0.3, -0.25) is 0 Å². The molecule has 0 aliphatic carbocycles. The fourth-order valence-corrected chi connectivity index (χ4v) is 2.61. The Labute approximate surface area is 179 Å². The summed E-state index contributed by atoms with van der Waals surface area (Å²) in [6.45, 7) is 0.431. The van der Waals surface area contributed by atoms with Crippen molar-refractivity contribution < 1.29 is 24.1 Å². The lowest BCUT2D eigenvalue weighted by atomic mass is 10.2. The molecule has 0 aliphatic heterocycles. The van der Waals surface area contributed by atoms with Gasteiger partial charge in [0.25, 0.3) is 0 Å². The standard InChI is InChI=1S/C20H19N3O4.HI/c24-19(25)18(21-20(26)27-14-15-6-2-1-3-7-15)11-13-23-12-10-16-8-4-5-9-17(16)22-23;/h1-10,12,18H,11,13-14H2,(H-,21,24,25,26);1H/p+1/t18-;/m1./s1. The van der Waals surface area contributed by atoms with E-state index in [0.29, 0.717) is 6.54 Å². The zero-order valence-electron chi connectivity index (χ0n) is 15.0. The molecule has 1 amide bonds. The molecular weight excluding hydrogens is 473 g/mol. The average Bonchev–Trinajstić information content (AvgIpc) is 2.70. The van der Waals surface area contributed by atoms with Crippen molar-refractivity contribution in [2.75, 3.05) is 0 Å². The Bertz CT molecular complexity index is 937. The SMILES string of the molecule is I.O=C(N[C@H](CC[n+]1ccc2ccccc2n1)C(=O)O)OCc1ccccc1. The van der Waals surface area contributed by atoms with Crippen molar-refractivity contribution in [1.82, 2.24) is 10.4 Å². The molecule has 8 heteroatoms.